The molecule has 104 valence electrons. The van der Waals surface area contributed by atoms with Crippen molar-refractivity contribution >= 4 is 22.4 Å². The first-order chi connectivity index (χ1) is 7.62. The van der Waals surface area contributed by atoms with Gasteiger partial charge in [-0.05, 0) is 44.5 Å². The number of benzene rings is 1. The molecule has 0 atom stereocenters. The Morgan fingerprint density at radius 1 is 1.39 bits per heavy atom. The minimum atomic E-state index is -3.63. The van der Waals surface area contributed by atoms with Gasteiger partial charge in [-0.1, -0.05) is 0 Å². The fraction of sp³-hybridized carbons (Fsp3) is 0.455. The number of nitrogens with two attached hydrogens (primary N) is 1. The van der Waals surface area contributed by atoms with E-state index < -0.39 is 21.4 Å². The Kier molecular flexibility index (Phi) is 5.74. The molecule has 1 aromatic carbocycles. The van der Waals surface area contributed by atoms with Crippen LogP contribution >= 0.6 is 12.4 Å². The number of rotatable bonds is 4. The monoisotopic (exact) mass is 296 g/mol. The highest BCUT2D eigenvalue weighted by atomic mass is 35.5. The Morgan fingerprint density at radius 2 is 1.94 bits per heavy atom. The average Bonchev–Trinajstić information content (AvgIpc) is 2.18. The first-order valence-corrected chi connectivity index (χ1v) is 6.65. The molecule has 4 nitrogen and oxygen atoms in total. The van der Waals surface area contributed by atoms with E-state index in [0.29, 0.717) is 5.56 Å². The summed E-state index contributed by atoms with van der Waals surface area (Å²) in [7, 11) is -3.63. The van der Waals surface area contributed by atoms with Crippen molar-refractivity contribution < 1.29 is 12.8 Å². The summed E-state index contributed by atoms with van der Waals surface area (Å²) in [5.74, 6) is -0.428. The van der Waals surface area contributed by atoms with E-state index in [1.165, 1.54) is 19.1 Å². The highest BCUT2D eigenvalue weighted by Gasteiger charge is 2.19. The molecule has 1 aromatic rings. The number of halogens is 2. The Bertz CT molecular complexity index is 512. The molecular weight excluding hydrogens is 279 g/mol. The van der Waals surface area contributed by atoms with Crippen molar-refractivity contribution in [3.05, 3.63) is 29.6 Å². The third-order valence-corrected chi connectivity index (χ3v) is 3.56. The lowest BCUT2D eigenvalue weighted by molar-refractivity contribution is 0.497. The van der Waals surface area contributed by atoms with Crippen LogP contribution in [0.15, 0.2) is 23.1 Å². The molecule has 0 heterocycles. The number of hydrogen-bond acceptors (Lipinski definition) is 3. The molecule has 0 saturated heterocycles. The normalized spacial score (nSPS) is 12.1. The zero-order valence-corrected chi connectivity index (χ0v) is 12.2. The minimum Gasteiger partial charge on any atom is -0.324 e. The highest BCUT2D eigenvalue weighted by molar-refractivity contribution is 7.89. The van der Waals surface area contributed by atoms with Gasteiger partial charge in [0.25, 0.3) is 0 Å². The topological polar surface area (TPSA) is 72.2 Å². The lowest BCUT2D eigenvalue weighted by Gasteiger charge is -2.19. The van der Waals surface area contributed by atoms with E-state index in [4.69, 9.17) is 5.73 Å². The van der Waals surface area contributed by atoms with E-state index in [2.05, 4.69) is 4.72 Å². The fourth-order valence-electron chi connectivity index (χ4n) is 1.15. The van der Waals surface area contributed by atoms with E-state index in [-0.39, 0.29) is 23.8 Å². The van der Waals surface area contributed by atoms with Crippen LogP contribution in [0.3, 0.4) is 0 Å². The van der Waals surface area contributed by atoms with Crippen molar-refractivity contribution in [2.75, 3.05) is 6.54 Å². The summed E-state index contributed by atoms with van der Waals surface area (Å²) in [5.41, 5.74) is 5.34. The predicted molar refractivity (Wildman–Crippen MR) is 71.8 cm³/mol. The maximum atomic E-state index is 13.0. The van der Waals surface area contributed by atoms with Gasteiger partial charge in [-0.2, -0.15) is 0 Å². The van der Waals surface area contributed by atoms with Crippen LogP contribution < -0.4 is 10.5 Å². The fourth-order valence-corrected chi connectivity index (χ4v) is 2.46. The second kappa shape index (κ2) is 5.97. The summed E-state index contributed by atoms with van der Waals surface area (Å²) in [6, 6.07) is 3.66. The zero-order valence-electron chi connectivity index (χ0n) is 10.5. The third kappa shape index (κ3) is 4.89. The second-order valence-corrected chi connectivity index (χ2v) is 6.49. The van der Waals surface area contributed by atoms with Crippen molar-refractivity contribution in [1.82, 2.24) is 4.72 Å². The van der Waals surface area contributed by atoms with Crippen LogP contribution in [0.4, 0.5) is 4.39 Å². The molecule has 0 aliphatic heterocycles. The van der Waals surface area contributed by atoms with Crippen LogP contribution in [-0.4, -0.2) is 20.5 Å². The molecule has 18 heavy (non-hydrogen) atoms. The van der Waals surface area contributed by atoms with Crippen LogP contribution in [0.25, 0.3) is 0 Å². The summed E-state index contributed by atoms with van der Waals surface area (Å²) in [6.07, 6.45) is 0. The maximum absolute atomic E-state index is 13.0. The van der Waals surface area contributed by atoms with Gasteiger partial charge < -0.3 is 5.73 Å². The molecule has 0 bridgehead atoms. The first-order valence-electron chi connectivity index (χ1n) is 5.16. The lowest BCUT2D eigenvalue weighted by Crippen LogP contribution is -2.45. The van der Waals surface area contributed by atoms with Crippen molar-refractivity contribution in [2.45, 2.75) is 31.2 Å². The second-order valence-electron chi connectivity index (χ2n) is 4.72. The molecule has 0 spiro atoms. The Labute approximate surface area is 113 Å². The molecule has 7 heteroatoms. The van der Waals surface area contributed by atoms with Gasteiger partial charge in [0, 0.05) is 12.1 Å². The molecule has 3 N–H and O–H groups in total. The molecule has 0 aliphatic rings. The molecule has 0 amide bonds. The van der Waals surface area contributed by atoms with Gasteiger partial charge in [0.1, 0.15) is 5.82 Å². The third-order valence-electron chi connectivity index (χ3n) is 2.16. The van der Waals surface area contributed by atoms with E-state index in [1.54, 1.807) is 13.8 Å². The zero-order chi connectivity index (χ0) is 13.3. The van der Waals surface area contributed by atoms with Crippen LogP contribution in [0, 0.1) is 12.7 Å². The minimum absolute atomic E-state index is 0. The van der Waals surface area contributed by atoms with Gasteiger partial charge in [-0.15, -0.1) is 12.4 Å². The molecule has 0 aromatic heterocycles. The Hall–Kier alpha value is -0.690. The van der Waals surface area contributed by atoms with E-state index >= 15 is 0 Å². The quantitative estimate of drug-likeness (QED) is 0.886. The summed E-state index contributed by atoms with van der Waals surface area (Å²) in [4.78, 5) is 0.0423. The molecule has 0 aliphatic carbocycles. The number of sulfonamides is 1. The number of nitrogens with one attached hydrogen (secondary N) is 1. The van der Waals surface area contributed by atoms with E-state index in [0.717, 1.165) is 6.07 Å². The number of hydrogen-bond donors (Lipinski definition) is 2. The summed E-state index contributed by atoms with van der Waals surface area (Å²) in [6.45, 7) is 5.06. The van der Waals surface area contributed by atoms with Gasteiger partial charge in [0.15, 0.2) is 0 Å². The van der Waals surface area contributed by atoms with Gasteiger partial charge in [0.05, 0.1) is 4.90 Å². The predicted octanol–water partition coefficient (Wildman–Crippen LogP) is 1.57. The molecule has 0 unspecified atom stereocenters. The highest BCUT2D eigenvalue weighted by Crippen LogP contribution is 2.14. The average molecular weight is 297 g/mol. The van der Waals surface area contributed by atoms with E-state index in [1.807, 2.05) is 0 Å². The van der Waals surface area contributed by atoms with Crippen LogP contribution in [0.1, 0.15) is 19.4 Å². The van der Waals surface area contributed by atoms with Crippen LogP contribution in [0.5, 0.6) is 0 Å². The Morgan fingerprint density at radius 3 is 2.39 bits per heavy atom. The van der Waals surface area contributed by atoms with Crippen LogP contribution in [0.2, 0.25) is 0 Å². The van der Waals surface area contributed by atoms with Crippen LogP contribution in [-0.2, 0) is 10.0 Å². The standard InChI is InChI=1S/C11H17FN2O2S.ClH/c1-8-6-9(4-5-10(8)12)17(15,16)14-7-11(2,3)13;/h4-6,14H,7,13H2,1-3H3;1H. The van der Waals surface area contributed by atoms with Gasteiger partial charge in [0.2, 0.25) is 10.0 Å². The van der Waals surface area contributed by atoms with E-state index in [9.17, 15) is 12.8 Å². The maximum Gasteiger partial charge on any atom is 0.240 e. The van der Waals surface area contributed by atoms with Crippen molar-refractivity contribution in [3.63, 3.8) is 0 Å². The SMILES string of the molecule is Cc1cc(S(=O)(=O)NCC(C)(C)N)ccc1F.Cl. The van der Waals surface area contributed by atoms with Crippen molar-refractivity contribution in [2.24, 2.45) is 5.73 Å². The smallest absolute Gasteiger partial charge is 0.240 e. The van der Waals surface area contributed by atoms with Gasteiger partial charge in [-0.25, -0.2) is 17.5 Å². The Balaban J connectivity index is 0.00000289. The van der Waals surface area contributed by atoms with Crippen molar-refractivity contribution in [1.29, 1.82) is 0 Å². The van der Waals surface area contributed by atoms with Gasteiger partial charge >= 0.3 is 0 Å². The summed E-state index contributed by atoms with van der Waals surface area (Å²) < 4.78 is 39.1. The molecule has 1 rings (SSSR count). The first kappa shape index (κ1) is 17.3. The largest absolute Gasteiger partial charge is 0.324 e. The molecular formula is C11H18ClFN2O2S. The lowest BCUT2D eigenvalue weighted by atomic mass is 10.1. The van der Waals surface area contributed by atoms with Crippen molar-refractivity contribution in [3.8, 4) is 0 Å². The van der Waals surface area contributed by atoms with Gasteiger partial charge in [-0.3, -0.25) is 0 Å². The molecule has 0 fully saturated rings. The number of aryl methyl sites for hydroxylation is 1. The molecule has 0 saturated carbocycles. The molecule has 0 radical (unpaired) electrons. The summed E-state index contributed by atoms with van der Waals surface area (Å²) in [5, 5.41) is 0. The summed E-state index contributed by atoms with van der Waals surface area (Å²) >= 11 is 0.